The van der Waals surface area contributed by atoms with E-state index in [-0.39, 0.29) is 24.0 Å². The first-order valence-corrected chi connectivity index (χ1v) is 6.46. The Morgan fingerprint density at radius 2 is 1.33 bits per heavy atom. The van der Waals surface area contributed by atoms with Gasteiger partial charge in [0.15, 0.2) is 0 Å². The fourth-order valence-electron chi connectivity index (χ4n) is 4.62. The van der Waals surface area contributed by atoms with Crippen LogP contribution < -0.4 is 0 Å². The molecular formula is C17H12O. The van der Waals surface area contributed by atoms with Gasteiger partial charge in [-0.3, -0.25) is 0 Å². The molecule has 2 atom stereocenters. The summed E-state index contributed by atoms with van der Waals surface area (Å²) in [5.41, 5.74) is 4.68. The predicted octanol–water partition coefficient (Wildman–Crippen LogP) is 3.21. The van der Waals surface area contributed by atoms with Crippen LogP contribution >= 0.6 is 0 Å². The zero-order valence-corrected chi connectivity index (χ0v) is 9.76. The van der Waals surface area contributed by atoms with Crippen LogP contribution in [-0.2, 0) is 4.79 Å². The Bertz CT molecular complexity index is 695. The number of carbonyl (C=O) groups is 1. The molecule has 0 saturated heterocycles. The van der Waals surface area contributed by atoms with Gasteiger partial charge in [0, 0.05) is 17.8 Å². The largest absolute Gasteiger partial charge is 0.303 e. The molecule has 86 valence electrons. The molecule has 0 N–H and O–H groups in total. The summed E-state index contributed by atoms with van der Waals surface area (Å²) in [5.74, 6) is 0.641. The average molecular weight is 233 g/mol. The highest BCUT2D eigenvalue weighted by Crippen LogP contribution is 2.85. The highest BCUT2D eigenvalue weighted by molar-refractivity contribution is 5.84. The first kappa shape index (κ1) is 8.25. The molecule has 0 radical (unpaired) electrons. The monoisotopic (exact) mass is 233 g/mol. The zero-order valence-electron chi connectivity index (χ0n) is 10.8. The summed E-state index contributed by atoms with van der Waals surface area (Å²) >= 11 is 0. The number of benzene rings is 2. The second-order valence-electron chi connectivity index (χ2n) is 5.68. The van der Waals surface area contributed by atoms with Crippen LogP contribution in [0.5, 0.6) is 0 Å². The first-order valence-electron chi connectivity index (χ1n) is 6.96. The van der Waals surface area contributed by atoms with E-state index in [2.05, 4.69) is 24.3 Å². The Hall–Kier alpha value is -1.89. The molecule has 2 aromatic rings. The van der Waals surface area contributed by atoms with E-state index in [9.17, 15) is 4.79 Å². The van der Waals surface area contributed by atoms with Crippen molar-refractivity contribution in [1.29, 1.82) is 0 Å². The molecule has 0 aliphatic heterocycles. The lowest BCUT2D eigenvalue weighted by Gasteiger charge is -2.15. The summed E-state index contributed by atoms with van der Waals surface area (Å²) < 4.78 is 7.83. The predicted molar refractivity (Wildman–Crippen MR) is 68.7 cm³/mol. The summed E-state index contributed by atoms with van der Waals surface area (Å²) in [5, 5.41) is 0. The number of hydrogen-bond donors (Lipinski definition) is 0. The number of fused-ring (bicyclic) bond motifs is 7. The molecule has 0 bridgehead atoms. The summed E-state index contributed by atoms with van der Waals surface area (Å²) in [6, 6.07) is 16.7. The molecule has 0 spiro atoms. The highest BCUT2D eigenvalue weighted by atomic mass is 16.1. The van der Waals surface area contributed by atoms with Crippen LogP contribution in [0.4, 0.5) is 0 Å². The van der Waals surface area contributed by atoms with Crippen molar-refractivity contribution in [2.75, 3.05) is 0 Å². The van der Waals surface area contributed by atoms with E-state index >= 15 is 0 Å². The van der Waals surface area contributed by atoms with E-state index < -0.39 is 5.41 Å². The van der Waals surface area contributed by atoms with E-state index in [1.807, 2.05) is 24.3 Å². The summed E-state index contributed by atoms with van der Waals surface area (Å²) in [6.07, 6.45) is -0.375. The maximum absolute atomic E-state index is 12.1. The van der Waals surface area contributed by atoms with Crippen molar-refractivity contribution in [2.45, 2.75) is 17.8 Å². The van der Waals surface area contributed by atoms with Crippen LogP contribution in [-0.4, -0.2) is 6.26 Å². The molecule has 18 heavy (non-hydrogen) atoms. The van der Waals surface area contributed by atoms with Crippen LogP contribution in [0.25, 0.3) is 0 Å². The second kappa shape index (κ2) is 2.59. The number of aldehydes is 1. The quantitative estimate of drug-likeness (QED) is 0.691. The molecule has 5 rings (SSSR count). The van der Waals surface area contributed by atoms with Gasteiger partial charge in [-0.1, -0.05) is 48.5 Å². The van der Waals surface area contributed by atoms with E-state index in [1.165, 1.54) is 22.3 Å². The minimum atomic E-state index is -0.465. The maximum Gasteiger partial charge on any atom is 0.128 e. The molecule has 2 aromatic carbocycles. The molecule has 1 saturated carbocycles. The second-order valence-corrected chi connectivity index (χ2v) is 5.68. The van der Waals surface area contributed by atoms with Crippen molar-refractivity contribution in [1.82, 2.24) is 0 Å². The molecular weight excluding hydrogens is 220 g/mol. The number of hydrogen-bond acceptors (Lipinski definition) is 1. The third-order valence-electron chi connectivity index (χ3n) is 5.19. The lowest BCUT2D eigenvalue weighted by Crippen LogP contribution is -2.11. The topological polar surface area (TPSA) is 17.1 Å². The Morgan fingerprint density at radius 3 is 1.78 bits per heavy atom. The SMILES string of the molecule is [2H]C(=O)C12C3c4ccccc4C1C2c1ccccc13. The van der Waals surface area contributed by atoms with Crippen LogP contribution in [0.2, 0.25) is 0 Å². The lowest BCUT2D eigenvalue weighted by atomic mass is 9.86. The Balaban J connectivity index is 1.88. The fourth-order valence-corrected chi connectivity index (χ4v) is 4.62. The minimum absolute atomic E-state index is 0.125. The number of carbonyl (C=O) groups excluding carboxylic acids is 1. The van der Waals surface area contributed by atoms with Crippen LogP contribution in [0, 0.1) is 5.41 Å². The van der Waals surface area contributed by atoms with Crippen molar-refractivity contribution in [3.05, 3.63) is 70.8 Å². The van der Waals surface area contributed by atoms with Crippen molar-refractivity contribution >= 4 is 6.26 Å². The molecule has 1 nitrogen and oxygen atoms in total. The van der Waals surface area contributed by atoms with Gasteiger partial charge in [0.25, 0.3) is 0 Å². The van der Waals surface area contributed by atoms with E-state index in [4.69, 9.17) is 1.37 Å². The van der Waals surface area contributed by atoms with Gasteiger partial charge in [0.05, 0.1) is 5.41 Å². The van der Waals surface area contributed by atoms with Gasteiger partial charge in [0.2, 0.25) is 0 Å². The van der Waals surface area contributed by atoms with Crippen LogP contribution in [0.15, 0.2) is 48.5 Å². The lowest BCUT2D eigenvalue weighted by molar-refractivity contribution is -0.112. The summed E-state index contributed by atoms with van der Waals surface area (Å²) in [4.78, 5) is 12.1. The van der Waals surface area contributed by atoms with Gasteiger partial charge in [-0.15, -0.1) is 0 Å². The third kappa shape index (κ3) is 0.694. The van der Waals surface area contributed by atoms with E-state index in [0.717, 1.165) is 0 Å². The van der Waals surface area contributed by atoms with Crippen molar-refractivity contribution in [3.8, 4) is 0 Å². The maximum atomic E-state index is 12.1. The Labute approximate surface area is 107 Å². The van der Waals surface area contributed by atoms with Gasteiger partial charge in [-0.2, -0.15) is 0 Å². The van der Waals surface area contributed by atoms with Crippen LogP contribution in [0.3, 0.4) is 0 Å². The summed E-state index contributed by atoms with van der Waals surface area (Å²) in [6.45, 7) is 0. The van der Waals surface area contributed by atoms with Crippen molar-refractivity contribution in [2.24, 2.45) is 5.41 Å². The molecule has 2 unspecified atom stereocenters. The Morgan fingerprint density at radius 1 is 0.889 bits per heavy atom. The zero-order chi connectivity index (χ0) is 12.8. The Kier molecular flexibility index (Phi) is 1.19. The molecule has 1 fully saturated rings. The van der Waals surface area contributed by atoms with Gasteiger partial charge < -0.3 is 4.79 Å². The molecule has 0 heterocycles. The average Bonchev–Trinajstić information content (AvgIpc) is 2.94. The highest BCUT2D eigenvalue weighted by Gasteiger charge is 2.78. The molecule has 1 heteroatoms. The smallest absolute Gasteiger partial charge is 0.128 e. The van der Waals surface area contributed by atoms with Gasteiger partial charge in [-0.25, -0.2) is 0 Å². The van der Waals surface area contributed by atoms with E-state index in [1.54, 1.807) is 0 Å². The molecule has 0 aromatic heterocycles. The first-order chi connectivity index (χ1) is 9.28. The minimum Gasteiger partial charge on any atom is -0.303 e. The van der Waals surface area contributed by atoms with Crippen LogP contribution in [0.1, 0.15) is 41.4 Å². The normalized spacial score (nSPS) is 37.6. The van der Waals surface area contributed by atoms with Gasteiger partial charge in [0.1, 0.15) is 7.63 Å². The van der Waals surface area contributed by atoms with Crippen molar-refractivity contribution in [3.63, 3.8) is 0 Å². The standard InChI is InChI=1S/C17H12O/c18-9-17-14-10-5-1-3-7-12(10)15(17)16(17)13-8-4-2-6-11(13)14/h1-9,14-16H/i9D. The van der Waals surface area contributed by atoms with Gasteiger partial charge >= 0.3 is 0 Å². The fraction of sp³-hybridized carbons (Fsp3) is 0.235. The summed E-state index contributed by atoms with van der Waals surface area (Å²) in [7, 11) is 0. The van der Waals surface area contributed by atoms with Crippen molar-refractivity contribution < 1.29 is 6.17 Å². The number of rotatable bonds is 1. The van der Waals surface area contributed by atoms with E-state index in [0.29, 0.717) is 0 Å². The third-order valence-corrected chi connectivity index (χ3v) is 5.19. The van der Waals surface area contributed by atoms with Gasteiger partial charge in [-0.05, 0) is 22.3 Å². The molecule has 3 aliphatic carbocycles. The molecule has 0 amide bonds. The molecule has 3 aliphatic rings.